The van der Waals surface area contributed by atoms with E-state index in [1.807, 2.05) is 30.3 Å². The summed E-state index contributed by atoms with van der Waals surface area (Å²) < 4.78 is 10.9. The Morgan fingerprint density at radius 1 is 1.23 bits per heavy atom. The third-order valence-electron chi connectivity index (χ3n) is 3.71. The normalized spacial score (nSPS) is 11.8. The lowest BCUT2D eigenvalue weighted by molar-refractivity contribution is -0.137. The molecule has 0 saturated carbocycles. The molecule has 1 atom stereocenters. The molecule has 3 aromatic rings. The second-order valence-corrected chi connectivity index (χ2v) is 6.23. The van der Waals surface area contributed by atoms with Crippen LogP contribution in [-0.4, -0.2) is 34.1 Å². The summed E-state index contributed by atoms with van der Waals surface area (Å²) in [7, 11) is 1.66. The number of amides is 1. The van der Waals surface area contributed by atoms with E-state index in [0.29, 0.717) is 22.5 Å². The summed E-state index contributed by atoms with van der Waals surface area (Å²) >= 11 is 5.93. The van der Waals surface area contributed by atoms with Crippen molar-refractivity contribution in [3.8, 4) is 17.1 Å². The molecule has 0 aliphatic carbocycles. The maximum absolute atomic E-state index is 12.5. The van der Waals surface area contributed by atoms with Crippen molar-refractivity contribution in [2.75, 3.05) is 7.05 Å². The Kier molecular flexibility index (Phi) is 5.53. The lowest BCUT2D eigenvalue weighted by Gasteiger charge is -2.20. The fraction of sp³-hybridized carbons (Fsp3) is 0.211. The largest absolute Gasteiger partial charge is 0.481 e. The third-order valence-corrected chi connectivity index (χ3v) is 3.94. The summed E-state index contributed by atoms with van der Waals surface area (Å²) in [6.45, 7) is 1.88. The molecule has 1 heterocycles. The molecule has 0 aliphatic rings. The molecule has 6 nitrogen and oxygen atoms in total. The molecular weight excluding hydrogens is 354 g/mol. The quantitative estimate of drug-likeness (QED) is 0.659. The van der Waals surface area contributed by atoms with Crippen LogP contribution in [0.4, 0.5) is 0 Å². The van der Waals surface area contributed by atoms with E-state index in [1.54, 1.807) is 38.2 Å². The van der Waals surface area contributed by atoms with Crippen molar-refractivity contribution in [3.05, 3.63) is 65.5 Å². The van der Waals surface area contributed by atoms with Gasteiger partial charge in [0, 0.05) is 17.6 Å². The number of aromatic nitrogens is 2. The molecule has 0 unspecified atom stereocenters. The van der Waals surface area contributed by atoms with Gasteiger partial charge in [-0.1, -0.05) is 53.2 Å². The zero-order valence-electron chi connectivity index (χ0n) is 14.4. The van der Waals surface area contributed by atoms with Gasteiger partial charge in [0.15, 0.2) is 6.10 Å². The minimum absolute atomic E-state index is 0.196. The molecule has 0 bridgehead atoms. The smallest absolute Gasteiger partial charge is 0.263 e. The second kappa shape index (κ2) is 8.01. The number of carbonyl (C=O) groups excluding carboxylic acids is 1. The number of hydrogen-bond donors (Lipinski definition) is 0. The number of likely N-dealkylation sites (N-methyl/N-ethyl adjacent to an activating group) is 1. The number of halogens is 1. The van der Waals surface area contributed by atoms with Crippen molar-refractivity contribution in [1.82, 2.24) is 15.0 Å². The topological polar surface area (TPSA) is 68.5 Å². The summed E-state index contributed by atoms with van der Waals surface area (Å²) in [6.07, 6.45) is -0.671. The number of rotatable bonds is 6. The van der Waals surface area contributed by atoms with Crippen molar-refractivity contribution in [1.29, 1.82) is 0 Å². The molecule has 0 N–H and O–H groups in total. The first-order valence-electron chi connectivity index (χ1n) is 8.08. The first-order chi connectivity index (χ1) is 12.5. The highest BCUT2D eigenvalue weighted by molar-refractivity contribution is 6.30. The van der Waals surface area contributed by atoms with Gasteiger partial charge in [-0.3, -0.25) is 4.79 Å². The van der Waals surface area contributed by atoms with Crippen LogP contribution in [0, 0.1) is 0 Å². The Hall–Kier alpha value is -2.86. The molecule has 1 aromatic heterocycles. The minimum Gasteiger partial charge on any atom is -0.481 e. The van der Waals surface area contributed by atoms with Gasteiger partial charge < -0.3 is 14.2 Å². The molecular formula is C19H18ClN3O3. The highest BCUT2D eigenvalue weighted by atomic mass is 35.5. The Labute approximate surface area is 156 Å². The molecule has 0 fully saturated rings. The van der Waals surface area contributed by atoms with Crippen LogP contribution in [0.3, 0.4) is 0 Å². The van der Waals surface area contributed by atoms with Gasteiger partial charge in [0.1, 0.15) is 5.75 Å². The first kappa shape index (κ1) is 17.9. The fourth-order valence-electron chi connectivity index (χ4n) is 2.41. The van der Waals surface area contributed by atoms with Crippen molar-refractivity contribution < 1.29 is 14.1 Å². The van der Waals surface area contributed by atoms with E-state index in [4.69, 9.17) is 20.9 Å². The number of carbonyl (C=O) groups is 1. The van der Waals surface area contributed by atoms with Crippen LogP contribution in [0.5, 0.6) is 5.75 Å². The van der Waals surface area contributed by atoms with Gasteiger partial charge in [0.2, 0.25) is 11.7 Å². The maximum atomic E-state index is 12.5. The first-order valence-corrected chi connectivity index (χ1v) is 8.46. The molecule has 26 heavy (non-hydrogen) atoms. The van der Waals surface area contributed by atoms with Crippen LogP contribution in [0.1, 0.15) is 12.8 Å². The van der Waals surface area contributed by atoms with Gasteiger partial charge in [0.25, 0.3) is 5.91 Å². The number of ether oxygens (including phenoxy) is 1. The molecule has 0 radical (unpaired) electrons. The van der Waals surface area contributed by atoms with E-state index in [9.17, 15) is 4.79 Å². The Morgan fingerprint density at radius 2 is 2.00 bits per heavy atom. The van der Waals surface area contributed by atoms with E-state index in [2.05, 4.69) is 10.1 Å². The van der Waals surface area contributed by atoms with Gasteiger partial charge in [0.05, 0.1) is 6.54 Å². The van der Waals surface area contributed by atoms with E-state index < -0.39 is 6.10 Å². The SMILES string of the molecule is C[C@H](Oc1cccc(Cl)c1)C(=O)N(C)Cc1nc(-c2ccccc2)no1. The second-order valence-electron chi connectivity index (χ2n) is 5.79. The number of hydrogen-bond acceptors (Lipinski definition) is 5. The average molecular weight is 372 g/mol. The minimum atomic E-state index is -0.671. The average Bonchev–Trinajstić information content (AvgIpc) is 3.10. The summed E-state index contributed by atoms with van der Waals surface area (Å²) in [5.74, 6) is 1.18. The predicted molar refractivity (Wildman–Crippen MR) is 97.8 cm³/mol. The maximum Gasteiger partial charge on any atom is 0.263 e. The van der Waals surface area contributed by atoms with E-state index in [0.717, 1.165) is 5.56 Å². The van der Waals surface area contributed by atoms with Gasteiger partial charge in [-0.05, 0) is 25.1 Å². The van der Waals surface area contributed by atoms with Crippen molar-refractivity contribution in [3.63, 3.8) is 0 Å². The van der Waals surface area contributed by atoms with Crippen LogP contribution in [0.2, 0.25) is 5.02 Å². The molecule has 134 valence electrons. The highest BCUT2D eigenvalue weighted by Gasteiger charge is 2.21. The number of benzene rings is 2. The molecule has 7 heteroatoms. The van der Waals surface area contributed by atoms with E-state index >= 15 is 0 Å². The van der Waals surface area contributed by atoms with Crippen molar-refractivity contribution in [2.45, 2.75) is 19.6 Å². The number of nitrogens with zero attached hydrogens (tertiary/aromatic N) is 3. The summed E-state index contributed by atoms with van der Waals surface area (Å²) in [5, 5.41) is 4.50. The standard InChI is InChI=1S/C19H18ClN3O3/c1-13(25-16-10-6-9-15(20)11-16)19(24)23(2)12-17-21-18(22-26-17)14-7-4-3-5-8-14/h3-11,13H,12H2,1-2H3/t13-/m0/s1. The van der Waals surface area contributed by atoms with Gasteiger partial charge in [-0.25, -0.2) is 0 Å². The Bertz CT molecular complexity index is 883. The third kappa shape index (κ3) is 4.40. The van der Waals surface area contributed by atoms with Crippen LogP contribution < -0.4 is 4.74 Å². The zero-order chi connectivity index (χ0) is 18.5. The van der Waals surface area contributed by atoms with Crippen LogP contribution in [0.25, 0.3) is 11.4 Å². The fourth-order valence-corrected chi connectivity index (χ4v) is 2.59. The van der Waals surface area contributed by atoms with E-state index in [1.165, 1.54) is 4.90 Å². The van der Waals surface area contributed by atoms with Crippen LogP contribution in [-0.2, 0) is 11.3 Å². The lowest BCUT2D eigenvalue weighted by Crippen LogP contribution is -2.37. The lowest BCUT2D eigenvalue weighted by atomic mass is 10.2. The summed E-state index contributed by atoms with van der Waals surface area (Å²) in [4.78, 5) is 18.3. The summed E-state index contributed by atoms with van der Waals surface area (Å²) in [5.41, 5.74) is 0.856. The molecule has 1 amide bonds. The van der Waals surface area contributed by atoms with Crippen LogP contribution >= 0.6 is 11.6 Å². The van der Waals surface area contributed by atoms with Gasteiger partial charge in [-0.2, -0.15) is 4.98 Å². The molecule has 2 aromatic carbocycles. The van der Waals surface area contributed by atoms with Gasteiger partial charge in [-0.15, -0.1) is 0 Å². The van der Waals surface area contributed by atoms with Gasteiger partial charge >= 0.3 is 0 Å². The summed E-state index contributed by atoms with van der Waals surface area (Å²) in [6, 6.07) is 16.4. The molecule has 0 spiro atoms. The van der Waals surface area contributed by atoms with Crippen molar-refractivity contribution >= 4 is 17.5 Å². The predicted octanol–water partition coefficient (Wildman–Crippen LogP) is 3.82. The molecule has 0 aliphatic heterocycles. The molecule has 3 rings (SSSR count). The Morgan fingerprint density at radius 3 is 2.73 bits per heavy atom. The van der Waals surface area contributed by atoms with Crippen molar-refractivity contribution in [2.24, 2.45) is 0 Å². The molecule has 0 saturated heterocycles. The highest BCUT2D eigenvalue weighted by Crippen LogP contribution is 2.19. The zero-order valence-corrected chi connectivity index (χ0v) is 15.2. The Balaban J connectivity index is 1.61. The van der Waals surface area contributed by atoms with Crippen LogP contribution in [0.15, 0.2) is 59.1 Å². The van der Waals surface area contributed by atoms with E-state index in [-0.39, 0.29) is 12.5 Å². The monoisotopic (exact) mass is 371 g/mol.